The molecule has 0 amide bonds. The Morgan fingerprint density at radius 2 is 2.00 bits per heavy atom. The van der Waals surface area contributed by atoms with E-state index in [0.29, 0.717) is 12.0 Å². The van der Waals surface area contributed by atoms with Crippen molar-refractivity contribution in [2.24, 2.45) is 10.7 Å². The average Bonchev–Trinajstić information content (AvgIpc) is 2.70. The lowest BCUT2D eigenvalue weighted by Gasteiger charge is -2.25. The molecule has 0 spiro atoms. The third kappa shape index (κ3) is 1.90. The number of guanidine groups is 1. The number of rotatable bonds is 3. The van der Waals surface area contributed by atoms with Gasteiger partial charge in [0.1, 0.15) is 0 Å². The first-order valence-electron chi connectivity index (χ1n) is 5.91. The van der Waals surface area contributed by atoms with E-state index in [1.807, 2.05) is 0 Å². The minimum absolute atomic E-state index is 0.330. The molecule has 1 aliphatic heterocycles. The van der Waals surface area contributed by atoms with Crippen LogP contribution in [0.2, 0.25) is 0 Å². The number of benzene rings is 1. The molecule has 0 saturated heterocycles. The highest BCUT2D eigenvalue weighted by Crippen LogP contribution is 2.25. The van der Waals surface area contributed by atoms with Gasteiger partial charge in [0.05, 0.1) is 12.6 Å². The molecule has 1 aromatic carbocycles. The lowest BCUT2D eigenvalue weighted by Crippen LogP contribution is -2.35. The number of nitrogens with two attached hydrogens (primary N) is 1. The molecule has 1 aromatic rings. The quantitative estimate of drug-likeness (QED) is 0.840. The lowest BCUT2D eigenvalue weighted by atomic mass is 10.0. The van der Waals surface area contributed by atoms with Crippen molar-refractivity contribution in [3.63, 3.8) is 0 Å². The number of aliphatic imine (C=N–C) groups is 1. The van der Waals surface area contributed by atoms with Gasteiger partial charge in [-0.1, -0.05) is 31.2 Å². The summed E-state index contributed by atoms with van der Waals surface area (Å²) in [6.45, 7) is 5.98. The largest absolute Gasteiger partial charge is 0.370 e. The number of aryl methyl sites for hydroxylation is 1. The zero-order valence-corrected chi connectivity index (χ0v) is 9.98. The van der Waals surface area contributed by atoms with Gasteiger partial charge < -0.3 is 10.6 Å². The highest BCUT2D eigenvalue weighted by atomic mass is 15.3. The van der Waals surface area contributed by atoms with Crippen molar-refractivity contribution in [3.8, 4) is 0 Å². The van der Waals surface area contributed by atoms with Crippen LogP contribution in [-0.2, 0) is 6.42 Å². The summed E-state index contributed by atoms with van der Waals surface area (Å²) >= 11 is 0. The monoisotopic (exact) mass is 217 g/mol. The molecule has 86 valence electrons. The predicted molar refractivity (Wildman–Crippen MR) is 67.4 cm³/mol. The average molecular weight is 217 g/mol. The third-order valence-corrected chi connectivity index (χ3v) is 3.21. The van der Waals surface area contributed by atoms with E-state index in [2.05, 4.69) is 48.0 Å². The van der Waals surface area contributed by atoms with Gasteiger partial charge in [-0.05, 0) is 24.5 Å². The van der Waals surface area contributed by atoms with Crippen LogP contribution in [-0.4, -0.2) is 23.9 Å². The van der Waals surface area contributed by atoms with Crippen LogP contribution in [0, 0.1) is 0 Å². The van der Waals surface area contributed by atoms with Gasteiger partial charge in [0, 0.05) is 6.54 Å². The van der Waals surface area contributed by atoms with Crippen LogP contribution >= 0.6 is 0 Å². The molecule has 0 saturated carbocycles. The van der Waals surface area contributed by atoms with E-state index in [0.717, 1.165) is 19.5 Å². The van der Waals surface area contributed by atoms with Crippen molar-refractivity contribution in [3.05, 3.63) is 35.4 Å². The van der Waals surface area contributed by atoms with Crippen LogP contribution in [0.1, 0.15) is 31.0 Å². The van der Waals surface area contributed by atoms with Gasteiger partial charge in [-0.2, -0.15) is 0 Å². The first-order chi connectivity index (χ1) is 7.76. The second kappa shape index (κ2) is 4.56. The smallest absolute Gasteiger partial charge is 0.191 e. The summed E-state index contributed by atoms with van der Waals surface area (Å²) in [6.07, 6.45) is 1.08. The first-order valence-corrected chi connectivity index (χ1v) is 5.91. The van der Waals surface area contributed by atoms with Crippen molar-refractivity contribution in [1.29, 1.82) is 0 Å². The summed E-state index contributed by atoms with van der Waals surface area (Å²) in [7, 11) is 0. The highest BCUT2D eigenvalue weighted by molar-refractivity contribution is 5.80. The van der Waals surface area contributed by atoms with Gasteiger partial charge in [0.15, 0.2) is 5.96 Å². The molecule has 1 aliphatic rings. The molecule has 0 fully saturated rings. The predicted octanol–water partition coefficient (Wildman–Crippen LogP) is 1.94. The Bertz CT molecular complexity index is 381. The summed E-state index contributed by atoms with van der Waals surface area (Å²) < 4.78 is 0. The molecule has 0 bridgehead atoms. The second-order valence-electron chi connectivity index (χ2n) is 4.10. The number of hydrogen-bond acceptors (Lipinski definition) is 3. The first kappa shape index (κ1) is 11.0. The fourth-order valence-corrected chi connectivity index (χ4v) is 2.17. The number of likely N-dealkylation sites (N-methyl/N-ethyl adjacent to an activating group) is 1. The maximum atomic E-state index is 5.85. The van der Waals surface area contributed by atoms with Crippen LogP contribution in [0.5, 0.6) is 0 Å². The third-order valence-electron chi connectivity index (χ3n) is 3.21. The van der Waals surface area contributed by atoms with Crippen LogP contribution in [0.4, 0.5) is 0 Å². The molecule has 0 aromatic heterocycles. The standard InChI is InChI=1S/C13H19N3/c1-3-10-5-7-11(8-6-10)12-9-15-13(14)16(12)4-2/h5-8,12H,3-4,9H2,1-2H3,(H2,14,15). The van der Waals surface area contributed by atoms with Crippen LogP contribution in [0.3, 0.4) is 0 Å². The zero-order chi connectivity index (χ0) is 11.5. The van der Waals surface area contributed by atoms with E-state index in [1.165, 1.54) is 11.1 Å². The fourth-order valence-electron chi connectivity index (χ4n) is 2.17. The van der Waals surface area contributed by atoms with Gasteiger partial charge in [-0.3, -0.25) is 4.99 Å². The molecule has 16 heavy (non-hydrogen) atoms. The molecule has 2 rings (SSSR count). The Hall–Kier alpha value is -1.51. The molecule has 3 nitrogen and oxygen atoms in total. The van der Waals surface area contributed by atoms with E-state index < -0.39 is 0 Å². The lowest BCUT2D eigenvalue weighted by molar-refractivity contribution is 0.364. The minimum atomic E-state index is 0.330. The molecule has 3 heteroatoms. The summed E-state index contributed by atoms with van der Waals surface area (Å²) in [6, 6.07) is 9.10. The van der Waals surface area contributed by atoms with Crippen molar-refractivity contribution in [2.45, 2.75) is 26.3 Å². The maximum absolute atomic E-state index is 5.85. The fraction of sp³-hybridized carbons (Fsp3) is 0.462. The van der Waals surface area contributed by atoms with E-state index >= 15 is 0 Å². The molecule has 1 atom stereocenters. The van der Waals surface area contributed by atoms with Gasteiger partial charge >= 0.3 is 0 Å². The molecule has 1 heterocycles. The highest BCUT2D eigenvalue weighted by Gasteiger charge is 2.25. The minimum Gasteiger partial charge on any atom is -0.370 e. The molecule has 0 aliphatic carbocycles. The van der Waals surface area contributed by atoms with Gasteiger partial charge in [0.25, 0.3) is 0 Å². The number of nitrogens with zero attached hydrogens (tertiary/aromatic N) is 2. The van der Waals surface area contributed by atoms with Gasteiger partial charge in [-0.25, -0.2) is 0 Å². The molecular weight excluding hydrogens is 198 g/mol. The normalized spacial score (nSPS) is 20.0. The summed E-state index contributed by atoms with van der Waals surface area (Å²) in [5.74, 6) is 0.673. The van der Waals surface area contributed by atoms with E-state index in [1.54, 1.807) is 0 Å². The Morgan fingerprint density at radius 1 is 1.31 bits per heavy atom. The van der Waals surface area contributed by atoms with Crippen molar-refractivity contribution in [2.75, 3.05) is 13.1 Å². The van der Waals surface area contributed by atoms with Crippen LogP contribution < -0.4 is 5.73 Å². The Balaban J connectivity index is 2.18. The molecular formula is C13H19N3. The summed E-state index contributed by atoms with van der Waals surface area (Å²) in [5.41, 5.74) is 8.53. The van der Waals surface area contributed by atoms with Crippen molar-refractivity contribution >= 4 is 5.96 Å². The molecule has 2 N–H and O–H groups in total. The van der Waals surface area contributed by atoms with Crippen molar-refractivity contribution < 1.29 is 0 Å². The van der Waals surface area contributed by atoms with E-state index in [9.17, 15) is 0 Å². The summed E-state index contributed by atoms with van der Waals surface area (Å²) in [4.78, 5) is 6.46. The van der Waals surface area contributed by atoms with Crippen molar-refractivity contribution in [1.82, 2.24) is 4.90 Å². The molecule has 0 radical (unpaired) electrons. The van der Waals surface area contributed by atoms with Gasteiger partial charge in [-0.15, -0.1) is 0 Å². The second-order valence-corrected chi connectivity index (χ2v) is 4.10. The zero-order valence-electron chi connectivity index (χ0n) is 9.98. The van der Waals surface area contributed by atoms with Gasteiger partial charge in [0.2, 0.25) is 0 Å². The topological polar surface area (TPSA) is 41.6 Å². The van der Waals surface area contributed by atoms with E-state index in [-0.39, 0.29) is 0 Å². The Kier molecular flexibility index (Phi) is 3.13. The van der Waals surface area contributed by atoms with E-state index in [4.69, 9.17) is 5.73 Å². The Labute approximate surface area is 97.0 Å². The summed E-state index contributed by atoms with van der Waals surface area (Å²) in [5, 5.41) is 0. The Morgan fingerprint density at radius 3 is 2.56 bits per heavy atom. The maximum Gasteiger partial charge on any atom is 0.191 e. The van der Waals surface area contributed by atoms with Crippen LogP contribution in [0.25, 0.3) is 0 Å². The number of hydrogen-bond donors (Lipinski definition) is 1. The SMILES string of the molecule is CCc1ccc(C2CN=C(N)N2CC)cc1. The van der Waals surface area contributed by atoms with Crippen LogP contribution in [0.15, 0.2) is 29.3 Å². The molecule has 1 unspecified atom stereocenters.